The Labute approximate surface area is 217 Å². The van der Waals surface area contributed by atoms with E-state index in [0.29, 0.717) is 18.3 Å². The summed E-state index contributed by atoms with van der Waals surface area (Å²) in [5.41, 5.74) is 2.98. The summed E-state index contributed by atoms with van der Waals surface area (Å²) in [5.74, 6) is -1.06. The standard InChI is InChI=1S/C29H31FN2O4S/c1-2-37(34,35)31-29(33)25-15-24(21-13-14-21)27(16-26(25)30)36-19-20-17-32(18-20)28(22-9-5-3-6-10-22)23-11-7-4-8-12-23/h3-12,15-16,20-21,28H,2,13-14,17-19H2,1H3,(H,31,33). The van der Waals surface area contributed by atoms with E-state index in [-0.39, 0.29) is 23.3 Å². The minimum atomic E-state index is -3.78. The van der Waals surface area contributed by atoms with Gasteiger partial charge in [-0.25, -0.2) is 17.5 Å². The minimum Gasteiger partial charge on any atom is -0.493 e. The molecule has 5 rings (SSSR count). The average molecular weight is 523 g/mol. The van der Waals surface area contributed by atoms with E-state index in [0.717, 1.165) is 31.5 Å². The molecule has 0 atom stereocenters. The third kappa shape index (κ3) is 5.86. The highest BCUT2D eigenvalue weighted by atomic mass is 32.2. The number of carbonyl (C=O) groups excluding carboxylic acids is 1. The van der Waals surface area contributed by atoms with E-state index in [4.69, 9.17) is 4.74 Å². The van der Waals surface area contributed by atoms with Crippen molar-refractivity contribution >= 4 is 15.9 Å². The zero-order valence-electron chi connectivity index (χ0n) is 20.8. The molecule has 1 heterocycles. The summed E-state index contributed by atoms with van der Waals surface area (Å²) in [6.07, 6.45) is 1.87. The van der Waals surface area contributed by atoms with Gasteiger partial charge in [0.25, 0.3) is 5.91 Å². The fourth-order valence-electron chi connectivity index (χ4n) is 4.87. The van der Waals surface area contributed by atoms with E-state index in [1.165, 1.54) is 30.2 Å². The number of rotatable bonds is 10. The highest BCUT2D eigenvalue weighted by Crippen LogP contribution is 2.45. The summed E-state index contributed by atoms with van der Waals surface area (Å²) in [4.78, 5) is 14.8. The van der Waals surface area contributed by atoms with Crippen LogP contribution in [0.4, 0.5) is 4.39 Å². The zero-order valence-corrected chi connectivity index (χ0v) is 21.6. The van der Waals surface area contributed by atoms with Gasteiger partial charge in [-0.15, -0.1) is 0 Å². The fourth-order valence-corrected chi connectivity index (χ4v) is 5.41. The summed E-state index contributed by atoms with van der Waals surface area (Å²) in [6, 6.07) is 23.7. The van der Waals surface area contributed by atoms with E-state index in [1.807, 2.05) is 16.9 Å². The Hall–Kier alpha value is -3.23. The highest BCUT2D eigenvalue weighted by Gasteiger charge is 2.35. The molecule has 1 saturated heterocycles. The summed E-state index contributed by atoms with van der Waals surface area (Å²) < 4.78 is 46.5. The lowest BCUT2D eigenvalue weighted by Crippen LogP contribution is -2.51. The largest absolute Gasteiger partial charge is 0.493 e. The molecule has 194 valence electrons. The molecule has 1 saturated carbocycles. The second kappa shape index (κ2) is 10.6. The lowest BCUT2D eigenvalue weighted by Gasteiger charge is -2.44. The maximum atomic E-state index is 14.9. The normalized spacial score (nSPS) is 16.4. The molecule has 8 heteroatoms. The smallest absolute Gasteiger partial charge is 0.267 e. The first kappa shape index (κ1) is 25.4. The second-order valence-corrected chi connectivity index (χ2v) is 11.8. The first-order chi connectivity index (χ1) is 17.8. The van der Waals surface area contributed by atoms with Gasteiger partial charge in [0.15, 0.2) is 0 Å². The van der Waals surface area contributed by atoms with E-state index in [9.17, 15) is 17.6 Å². The van der Waals surface area contributed by atoms with Crippen LogP contribution in [0.5, 0.6) is 5.75 Å². The molecule has 1 aliphatic carbocycles. The summed E-state index contributed by atoms with van der Waals surface area (Å²) in [7, 11) is -3.78. The number of amides is 1. The number of hydrogen-bond donors (Lipinski definition) is 1. The minimum absolute atomic E-state index is 0.162. The summed E-state index contributed by atoms with van der Waals surface area (Å²) >= 11 is 0. The lowest BCUT2D eigenvalue weighted by molar-refractivity contribution is 0.0375. The van der Waals surface area contributed by atoms with Crippen molar-refractivity contribution < 1.29 is 22.3 Å². The van der Waals surface area contributed by atoms with Crippen molar-refractivity contribution in [3.63, 3.8) is 0 Å². The second-order valence-electron chi connectivity index (χ2n) is 9.83. The van der Waals surface area contributed by atoms with Crippen LogP contribution in [0.2, 0.25) is 0 Å². The molecule has 2 fully saturated rings. The van der Waals surface area contributed by atoms with Gasteiger partial charge >= 0.3 is 0 Å². The van der Waals surface area contributed by atoms with Gasteiger partial charge in [-0.05, 0) is 48.4 Å². The van der Waals surface area contributed by atoms with Gasteiger partial charge < -0.3 is 4.74 Å². The number of carbonyl (C=O) groups is 1. The molecular formula is C29H31FN2O4S. The van der Waals surface area contributed by atoms with Crippen LogP contribution in [-0.4, -0.2) is 44.7 Å². The lowest BCUT2D eigenvalue weighted by atomic mass is 9.90. The molecule has 0 radical (unpaired) electrons. The third-order valence-corrected chi connectivity index (χ3v) is 8.30. The predicted octanol–water partition coefficient (Wildman–Crippen LogP) is 4.88. The molecule has 1 aliphatic heterocycles. The number of nitrogens with zero attached hydrogens (tertiary/aromatic N) is 1. The van der Waals surface area contributed by atoms with Crippen LogP contribution >= 0.6 is 0 Å². The van der Waals surface area contributed by atoms with Gasteiger partial charge in [-0.1, -0.05) is 60.7 Å². The first-order valence-corrected chi connectivity index (χ1v) is 14.3. The highest BCUT2D eigenvalue weighted by molar-refractivity contribution is 7.90. The van der Waals surface area contributed by atoms with E-state index in [2.05, 4.69) is 53.4 Å². The molecule has 0 spiro atoms. The van der Waals surface area contributed by atoms with Crippen molar-refractivity contribution in [1.82, 2.24) is 9.62 Å². The SMILES string of the molecule is CCS(=O)(=O)NC(=O)c1cc(C2CC2)c(OCC2CN(C(c3ccccc3)c3ccccc3)C2)cc1F. The molecule has 0 unspecified atom stereocenters. The van der Waals surface area contributed by atoms with E-state index in [1.54, 1.807) is 0 Å². The number of nitrogens with one attached hydrogen (secondary N) is 1. The summed E-state index contributed by atoms with van der Waals surface area (Å²) in [5, 5.41) is 0. The van der Waals surface area contributed by atoms with Gasteiger partial charge in [0, 0.05) is 25.1 Å². The Morgan fingerprint density at radius 3 is 2.16 bits per heavy atom. The number of hydrogen-bond acceptors (Lipinski definition) is 5. The van der Waals surface area contributed by atoms with Crippen LogP contribution in [-0.2, 0) is 10.0 Å². The monoisotopic (exact) mass is 522 g/mol. The van der Waals surface area contributed by atoms with Crippen molar-refractivity contribution in [2.45, 2.75) is 31.7 Å². The van der Waals surface area contributed by atoms with Gasteiger partial charge in [-0.3, -0.25) is 9.69 Å². The van der Waals surface area contributed by atoms with Crippen LogP contribution in [0.1, 0.15) is 58.8 Å². The van der Waals surface area contributed by atoms with E-state index < -0.39 is 21.7 Å². The van der Waals surface area contributed by atoms with Crippen LogP contribution in [0, 0.1) is 11.7 Å². The maximum Gasteiger partial charge on any atom is 0.267 e. The van der Waals surface area contributed by atoms with Crippen LogP contribution in [0.15, 0.2) is 72.8 Å². The van der Waals surface area contributed by atoms with Crippen LogP contribution in [0.25, 0.3) is 0 Å². The zero-order chi connectivity index (χ0) is 26.0. The van der Waals surface area contributed by atoms with E-state index >= 15 is 0 Å². The quantitative estimate of drug-likeness (QED) is 0.411. The molecule has 2 aliphatic rings. The first-order valence-electron chi connectivity index (χ1n) is 12.7. The molecule has 0 bridgehead atoms. The van der Waals surface area contributed by atoms with Gasteiger partial charge in [-0.2, -0.15) is 0 Å². The molecule has 0 aromatic heterocycles. The maximum absolute atomic E-state index is 14.9. The van der Waals surface area contributed by atoms with Crippen molar-refractivity contribution in [3.8, 4) is 5.75 Å². The van der Waals surface area contributed by atoms with Crippen LogP contribution < -0.4 is 9.46 Å². The molecule has 3 aromatic rings. The third-order valence-electron chi connectivity index (χ3n) is 7.05. The molecule has 3 aromatic carbocycles. The van der Waals surface area contributed by atoms with Gasteiger partial charge in [0.2, 0.25) is 10.0 Å². The Morgan fingerprint density at radius 1 is 1.03 bits per heavy atom. The van der Waals surface area contributed by atoms with Crippen molar-refractivity contribution in [3.05, 3.63) is 101 Å². The summed E-state index contributed by atoms with van der Waals surface area (Å²) in [6.45, 7) is 3.57. The van der Waals surface area contributed by atoms with Crippen molar-refractivity contribution in [1.29, 1.82) is 0 Å². The number of benzene rings is 3. The van der Waals surface area contributed by atoms with Gasteiger partial charge in [0.1, 0.15) is 11.6 Å². The average Bonchev–Trinajstić information content (AvgIpc) is 3.71. The van der Waals surface area contributed by atoms with Crippen LogP contribution in [0.3, 0.4) is 0 Å². The molecule has 1 amide bonds. The topological polar surface area (TPSA) is 75.7 Å². The number of likely N-dealkylation sites (tertiary alicyclic amines) is 1. The molecule has 6 nitrogen and oxygen atoms in total. The Bertz CT molecular complexity index is 1320. The Balaban J connectivity index is 1.26. The molecule has 1 N–H and O–H groups in total. The molecule has 37 heavy (non-hydrogen) atoms. The van der Waals surface area contributed by atoms with Crippen molar-refractivity contribution in [2.24, 2.45) is 5.92 Å². The fraction of sp³-hybridized carbons (Fsp3) is 0.345. The number of ether oxygens (including phenoxy) is 1. The Kier molecular flexibility index (Phi) is 7.31. The Morgan fingerprint density at radius 2 is 1.62 bits per heavy atom. The predicted molar refractivity (Wildman–Crippen MR) is 141 cm³/mol. The molecular weight excluding hydrogens is 491 g/mol. The van der Waals surface area contributed by atoms with Gasteiger partial charge in [0.05, 0.1) is 24.0 Å². The number of halogens is 1. The van der Waals surface area contributed by atoms with Crippen molar-refractivity contribution in [2.75, 3.05) is 25.4 Å². The number of sulfonamides is 1.